The van der Waals surface area contributed by atoms with Crippen molar-refractivity contribution in [3.8, 4) is 11.5 Å². The van der Waals surface area contributed by atoms with Crippen LogP contribution >= 0.6 is 0 Å². The highest BCUT2D eigenvalue weighted by Gasteiger charge is 2.31. The summed E-state index contributed by atoms with van der Waals surface area (Å²) in [5.41, 5.74) is 2.91. The van der Waals surface area contributed by atoms with Crippen LogP contribution in [0.5, 0.6) is 11.5 Å². The van der Waals surface area contributed by atoms with Crippen molar-refractivity contribution in [1.82, 2.24) is 9.21 Å². The van der Waals surface area contributed by atoms with Crippen molar-refractivity contribution >= 4 is 15.9 Å². The third-order valence-corrected chi connectivity index (χ3v) is 8.09. The largest absolute Gasteiger partial charge is 0.493 e. The molecule has 172 valence electrons. The Balaban J connectivity index is 1.44. The summed E-state index contributed by atoms with van der Waals surface area (Å²) in [6.45, 7) is 3.64. The zero-order valence-corrected chi connectivity index (χ0v) is 19.5. The number of methoxy groups -OCH3 is 1. The zero-order valence-electron chi connectivity index (χ0n) is 18.7. The third-order valence-electron chi connectivity index (χ3n) is 6.19. The second kappa shape index (κ2) is 9.50. The minimum Gasteiger partial charge on any atom is -0.493 e. The smallest absolute Gasteiger partial charge is 0.254 e. The van der Waals surface area contributed by atoms with E-state index in [-0.39, 0.29) is 19.0 Å². The molecule has 1 saturated heterocycles. The molecule has 7 nitrogen and oxygen atoms in total. The lowest BCUT2D eigenvalue weighted by Crippen LogP contribution is -2.50. The van der Waals surface area contributed by atoms with Gasteiger partial charge in [-0.25, -0.2) is 8.42 Å². The van der Waals surface area contributed by atoms with Crippen molar-refractivity contribution in [3.05, 3.63) is 53.1 Å². The molecule has 1 heterocycles. The molecule has 1 fully saturated rings. The summed E-state index contributed by atoms with van der Waals surface area (Å²) in [5.74, 6) is 0.955. The van der Waals surface area contributed by atoms with Crippen LogP contribution in [0.3, 0.4) is 0 Å². The number of aryl methyl sites for hydroxylation is 2. The van der Waals surface area contributed by atoms with Gasteiger partial charge in [-0.05, 0) is 74.1 Å². The first-order chi connectivity index (χ1) is 15.4. The molecule has 0 saturated carbocycles. The quantitative estimate of drug-likeness (QED) is 0.665. The summed E-state index contributed by atoms with van der Waals surface area (Å²) >= 11 is 0. The highest BCUT2D eigenvalue weighted by atomic mass is 32.2. The molecular formula is C24H30N2O5S. The van der Waals surface area contributed by atoms with E-state index in [1.807, 2.05) is 19.1 Å². The van der Waals surface area contributed by atoms with E-state index in [0.717, 1.165) is 31.2 Å². The van der Waals surface area contributed by atoms with E-state index in [1.165, 1.54) is 17.0 Å². The third kappa shape index (κ3) is 4.47. The number of nitrogens with zero attached hydrogens (tertiary/aromatic N) is 2. The number of hydrogen-bond acceptors (Lipinski definition) is 5. The van der Waals surface area contributed by atoms with Crippen LogP contribution in [-0.4, -0.2) is 63.4 Å². The van der Waals surface area contributed by atoms with Gasteiger partial charge in [0.05, 0.1) is 18.6 Å². The molecule has 0 unspecified atom stereocenters. The molecule has 8 heteroatoms. The van der Waals surface area contributed by atoms with Gasteiger partial charge in [-0.2, -0.15) is 4.31 Å². The molecule has 0 spiro atoms. The Hall–Kier alpha value is -2.58. The van der Waals surface area contributed by atoms with Gasteiger partial charge in [0.15, 0.2) is 11.5 Å². The maximum Gasteiger partial charge on any atom is 0.254 e. The fourth-order valence-corrected chi connectivity index (χ4v) is 5.88. The SMILES string of the molecule is CCOc1ccc(C(=O)N2CCN(S(=O)(=O)c3ccc4c(c3)CCCC4)CC2)cc1OC. The fraction of sp³-hybridized carbons (Fsp3) is 0.458. The van der Waals surface area contributed by atoms with Gasteiger partial charge in [0.2, 0.25) is 10.0 Å². The van der Waals surface area contributed by atoms with Gasteiger partial charge >= 0.3 is 0 Å². The van der Waals surface area contributed by atoms with Crippen LogP contribution in [0.2, 0.25) is 0 Å². The van der Waals surface area contributed by atoms with Crippen molar-refractivity contribution in [3.63, 3.8) is 0 Å². The van der Waals surface area contributed by atoms with Crippen molar-refractivity contribution in [2.45, 2.75) is 37.5 Å². The second-order valence-electron chi connectivity index (χ2n) is 8.13. The summed E-state index contributed by atoms with van der Waals surface area (Å²) in [4.78, 5) is 15.0. The van der Waals surface area contributed by atoms with Gasteiger partial charge in [-0.3, -0.25) is 4.79 Å². The van der Waals surface area contributed by atoms with E-state index >= 15 is 0 Å². The Morgan fingerprint density at radius 3 is 2.34 bits per heavy atom. The van der Waals surface area contributed by atoms with Crippen LogP contribution in [-0.2, 0) is 22.9 Å². The Kier molecular flexibility index (Phi) is 6.71. The highest BCUT2D eigenvalue weighted by molar-refractivity contribution is 7.89. The number of rotatable bonds is 6. The summed E-state index contributed by atoms with van der Waals surface area (Å²) in [7, 11) is -2.03. The summed E-state index contributed by atoms with van der Waals surface area (Å²) in [6.07, 6.45) is 4.22. The lowest BCUT2D eigenvalue weighted by molar-refractivity contribution is 0.0697. The average molecular weight is 459 g/mol. The van der Waals surface area contributed by atoms with Gasteiger partial charge in [0, 0.05) is 31.7 Å². The molecule has 1 amide bonds. The molecule has 2 aliphatic rings. The lowest BCUT2D eigenvalue weighted by atomic mass is 9.92. The number of ether oxygens (including phenoxy) is 2. The predicted octanol–water partition coefficient (Wildman–Crippen LogP) is 3.12. The number of carbonyl (C=O) groups is 1. The van der Waals surface area contributed by atoms with E-state index < -0.39 is 10.0 Å². The van der Waals surface area contributed by atoms with Gasteiger partial charge in [0.25, 0.3) is 5.91 Å². The highest BCUT2D eigenvalue weighted by Crippen LogP contribution is 2.29. The Labute approximate surface area is 190 Å². The number of carbonyl (C=O) groups excluding carboxylic acids is 1. The molecule has 2 aromatic carbocycles. The van der Waals surface area contributed by atoms with Crippen LogP contribution in [0.4, 0.5) is 0 Å². The van der Waals surface area contributed by atoms with Crippen molar-refractivity contribution < 1.29 is 22.7 Å². The molecule has 0 radical (unpaired) electrons. The van der Waals surface area contributed by atoms with E-state index in [1.54, 1.807) is 29.2 Å². The summed E-state index contributed by atoms with van der Waals surface area (Å²) in [6, 6.07) is 10.6. The maximum atomic E-state index is 13.2. The van der Waals surface area contributed by atoms with E-state index in [9.17, 15) is 13.2 Å². The molecule has 4 rings (SSSR count). The number of amides is 1. The average Bonchev–Trinajstić information content (AvgIpc) is 2.83. The van der Waals surface area contributed by atoms with Gasteiger partial charge in [-0.15, -0.1) is 0 Å². The summed E-state index contributed by atoms with van der Waals surface area (Å²) in [5, 5.41) is 0. The first-order valence-corrected chi connectivity index (χ1v) is 12.6. The van der Waals surface area contributed by atoms with Crippen molar-refractivity contribution in [1.29, 1.82) is 0 Å². The van der Waals surface area contributed by atoms with Crippen LogP contribution < -0.4 is 9.47 Å². The molecule has 0 atom stereocenters. The van der Waals surface area contributed by atoms with Crippen LogP contribution in [0.25, 0.3) is 0 Å². The minimum absolute atomic E-state index is 0.142. The molecule has 1 aliphatic carbocycles. The van der Waals surface area contributed by atoms with Gasteiger partial charge in [0.1, 0.15) is 0 Å². The Morgan fingerprint density at radius 2 is 1.66 bits per heavy atom. The fourth-order valence-electron chi connectivity index (χ4n) is 4.41. The predicted molar refractivity (Wildman–Crippen MR) is 122 cm³/mol. The molecule has 1 aliphatic heterocycles. The normalized spacial score (nSPS) is 17.0. The molecule has 0 N–H and O–H groups in total. The van der Waals surface area contributed by atoms with Crippen molar-refractivity contribution in [2.24, 2.45) is 0 Å². The Bertz CT molecular complexity index is 1090. The molecule has 32 heavy (non-hydrogen) atoms. The lowest BCUT2D eigenvalue weighted by Gasteiger charge is -2.34. The number of piperazine rings is 1. The summed E-state index contributed by atoms with van der Waals surface area (Å²) < 4.78 is 38.7. The maximum absolute atomic E-state index is 13.2. The van der Waals surface area contributed by atoms with E-state index in [0.29, 0.717) is 41.7 Å². The molecule has 0 aromatic heterocycles. The molecular weight excluding hydrogens is 428 g/mol. The number of sulfonamides is 1. The van der Waals surface area contributed by atoms with Crippen LogP contribution in [0.15, 0.2) is 41.3 Å². The Morgan fingerprint density at radius 1 is 0.938 bits per heavy atom. The zero-order chi connectivity index (χ0) is 22.7. The number of fused-ring (bicyclic) bond motifs is 1. The van der Waals surface area contributed by atoms with E-state index in [4.69, 9.17) is 9.47 Å². The first kappa shape index (κ1) is 22.6. The standard InChI is InChI=1S/C24H30N2O5S/c1-3-31-22-11-9-20(17-23(22)30-2)24(27)25-12-14-26(15-13-25)32(28,29)21-10-8-18-6-4-5-7-19(18)16-21/h8-11,16-17H,3-7,12-15H2,1-2H3. The first-order valence-electron chi connectivity index (χ1n) is 11.2. The number of benzene rings is 2. The molecule has 0 bridgehead atoms. The van der Waals surface area contributed by atoms with E-state index in [2.05, 4.69) is 0 Å². The van der Waals surface area contributed by atoms with Crippen molar-refractivity contribution in [2.75, 3.05) is 39.9 Å². The monoisotopic (exact) mass is 458 g/mol. The van der Waals surface area contributed by atoms with Gasteiger partial charge in [-0.1, -0.05) is 6.07 Å². The second-order valence-corrected chi connectivity index (χ2v) is 10.1. The van der Waals surface area contributed by atoms with Gasteiger partial charge < -0.3 is 14.4 Å². The minimum atomic E-state index is -3.57. The molecule has 2 aromatic rings. The topological polar surface area (TPSA) is 76.2 Å². The number of hydrogen-bond donors (Lipinski definition) is 0. The van der Waals surface area contributed by atoms with Crippen LogP contribution in [0.1, 0.15) is 41.3 Å². The van der Waals surface area contributed by atoms with Crippen LogP contribution in [0, 0.1) is 0 Å².